The fourth-order valence-electron chi connectivity index (χ4n) is 1.34. The van der Waals surface area contributed by atoms with Gasteiger partial charge in [-0.05, 0) is 52.1 Å². The summed E-state index contributed by atoms with van der Waals surface area (Å²) in [5.74, 6) is 0. The summed E-state index contributed by atoms with van der Waals surface area (Å²) in [5.41, 5.74) is 0.323. The van der Waals surface area contributed by atoms with Gasteiger partial charge in [0, 0.05) is 12.6 Å². The second kappa shape index (κ2) is 3.75. The Balaban J connectivity index is 2.17. The highest BCUT2D eigenvalue weighted by Gasteiger charge is 2.41. The molecule has 1 aliphatic carbocycles. The minimum Gasteiger partial charge on any atom is -0.396 e. The molecule has 1 aliphatic rings. The van der Waals surface area contributed by atoms with Gasteiger partial charge in [-0.3, -0.25) is 0 Å². The molecule has 2 nitrogen and oxygen atoms in total. The molecule has 0 aliphatic heterocycles. The Morgan fingerprint density at radius 2 is 2.00 bits per heavy atom. The average Bonchev–Trinajstić information content (AvgIpc) is 2.81. The Hall–Kier alpha value is -0.0800. The van der Waals surface area contributed by atoms with Crippen LogP contribution < -0.4 is 0 Å². The fourth-order valence-corrected chi connectivity index (χ4v) is 1.34. The van der Waals surface area contributed by atoms with Crippen molar-refractivity contribution in [1.82, 2.24) is 4.90 Å². The maximum atomic E-state index is 9.09. The van der Waals surface area contributed by atoms with Gasteiger partial charge in [0.05, 0.1) is 0 Å². The van der Waals surface area contributed by atoms with Crippen LogP contribution >= 0.6 is 0 Å². The summed E-state index contributed by atoms with van der Waals surface area (Å²) in [6, 6.07) is 0.625. The van der Waals surface area contributed by atoms with E-state index in [0.29, 0.717) is 18.1 Å². The Morgan fingerprint density at radius 3 is 2.33 bits per heavy atom. The highest BCUT2D eigenvalue weighted by atomic mass is 16.3. The van der Waals surface area contributed by atoms with Gasteiger partial charge in [0.2, 0.25) is 0 Å². The predicted octanol–water partition coefficient (Wildman–Crippen LogP) is 1.49. The molecule has 0 aromatic rings. The van der Waals surface area contributed by atoms with Crippen molar-refractivity contribution in [2.24, 2.45) is 5.41 Å². The van der Waals surface area contributed by atoms with Crippen molar-refractivity contribution in [3.05, 3.63) is 0 Å². The van der Waals surface area contributed by atoms with E-state index in [1.165, 1.54) is 12.8 Å². The lowest BCUT2D eigenvalue weighted by atomic mass is 10.0. The van der Waals surface area contributed by atoms with Crippen LogP contribution in [0.1, 0.15) is 33.1 Å². The molecule has 0 amide bonds. The molecule has 0 bridgehead atoms. The first kappa shape index (κ1) is 10.0. The fraction of sp³-hybridized carbons (Fsp3) is 1.00. The second-order valence-electron chi connectivity index (χ2n) is 4.48. The van der Waals surface area contributed by atoms with Gasteiger partial charge in [0.25, 0.3) is 0 Å². The molecular weight excluding hydrogens is 150 g/mol. The molecule has 72 valence electrons. The van der Waals surface area contributed by atoms with Gasteiger partial charge in [0.15, 0.2) is 0 Å². The Labute approximate surface area is 75.6 Å². The van der Waals surface area contributed by atoms with Gasteiger partial charge >= 0.3 is 0 Å². The molecule has 0 aromatic carbocycles. The van der Waals surface area contributed by atoms with E-state index >= 15 is 0 Å². The summed E-state index contributed by atoms with van der Waals surface area (Å²) in [5, 5.41) is 9.09. The van der Waals surface area contributed by atoms with Crippen molar-refractivity contribution < 1.29 is 5.11 Å². The lowest BCUT2D eigenvalue weighted by molar-refractivity contribution is 0.175. The first-order chi connectivity index (χ1) is 5.59. The molecule has 0 spiro atoms. The van der Waals surface area contributed by atoms with Gasteiger partial charge in [-0.2, -0.15) is 0 Å². The maximum Gasteiger partial charge on any atom is 0.0487 e. The van der Waals surface area contributed by atoms with Crippen LogP contribution in [0, 0.1) is 5.41 Å². The predicted molar refractivity (Wildman–Crippen MR) is 51.1 cm³/mol. The maximum absolute atomic E-state index is 9.09. The summed E-state index contributed by atoms with van der Waals surface area (Å²) in [6.07, 6.45) is 3.63. The molecule has 0 radical (unpaired) electrons. The van der Waals surface area contributed by atoms with E-state index in [1.54, 1.807) is 0 Å². The van der Waals surface area contributed by atoms with E-state index < -0.39 is 0 Å². The highest BCUT2D eigenvalue weighted by Crippen LogP contribution is 2.48. The van der Waals surface area contributed by atoms with Crippen molar-refractivity contribution in [3.8, 4) is 0 Å². The summed E-state index contributed by atoms with van der Waals surface area (Å²) >= 11 is 0. The molecular formula is C10H21NO. The molecule has 0 heterocycles. The van der Waals surface area contributed by atoms with Crippen molar-refractivity contribution >= 4 is 0 Å². The topological polar surface area (TPSA) is 23.5 Å². The third-order valence-electron chi connectivity index (χ3n) is 3.17. The molecule has 1 saturated carbocycles. The van der Waals surface area contributed by atoms with E-state index in [-0.39, 0.29) is 0 Å². The Morgan fingerprint density at radius 1 is 1.42 bits per heavy atom. The van der Waals surface area contributed by atoms with Crippen LogP contribution in [0.15, 0.2) is 0 Å². The van der Waals surface area contributed by atoms with Crippen LogP contribution in [0.25, 0.3) is 0 Å². The quantitative estimate of drug-likeness (QED) is 0.677. The Kier molecular flexibility index (Phi) is 3.13. The zero-order chi connectivity index (χ0) is 9.19. The van der Waals surface area contributed by atoms with Crippen LogP contribution in [-0.4, -0.2) is 36.2 Å². The summed E-state index contributed by atoms with van der Waals surface area (Å²) in [7, 11) is 2.15. The molecule has 1 fully saturated rings. The third-order valence-corrected chi connectivity index (χ3v) is 3.17. The van der Waals surface area contributed by atoms with Crippen LogP contribution in [0.3, 0.4) is 0 Å². The van der Waals surface area contributed by atoms with Crippen LogP contribution in [0.5, 0.6) is 0 Å². The van der Waals surface area contributed by atoms with E-state index in [9.17, 15) is 0 Å². The molecule has 0 aromatic heterocycles. The zero-order valence-corrected chi connectivity index (χ0v) is 8.51. The van der Waals surface area contributed by atoms with Gasteiger partial charge in [0.1, 0.15) is 0 Å². The van der Waals surface area contributed by atoms with E-state index in [2.05, 4.69) is 25.8 Å². The smallest absolute Gasteiger partial charge is 0.0487 e. The monoisotopic (exact) mass is 171 g/mol. The van der Waals surface area contributed by atoms with Gasteiger partial charge < -0.3 is 10.0 Å². The summed E-state index contributed by atoms with van der Waals surface area (Å²) in [6.45, 7) is 5.92. The number of hydrogen-bond acceptors (Lipinski definition) is 2. The average molecular weight is 171 g/mol. The first-order valence-corrected chi connectivity index (χ1v) is 4.91. The van der Waals surface area contributed by atoms with E-state index in [1.807, 2.05) is 0 Å². The van der Waals surface area contributed by atoms with E-state index in [0.717, 1.165) is 13.0 Å². The minimum atomic E-state index is 0.323. The largest absolute Gasteiger partial charge is 0.396 e. The highest BCUT2D eigenvalue weighted by molar-refractivity contribution is 4.92. The normalized spacial score (nSPS) is 20.5. The number of hydrogen-bond donors (Lipinski definition) is 1. The van der Waals surface area contributed by atoms with Crippen LogP contribution in [-0.2, 0) is 0 Å². The van der Waals surface area contributed by atoms with Crippen molar-refractivity contribution in [3.63, 3.8) is 0 Å². The number of nitrogens with zero attached hydrogens (tertiary/aromatic N) is 1. The van der Waals surface area contributed by atoms with E-state index in [4.69, 9.17) is 5.11 Å². The summed E-state index contributed by atoms with van der Waals surface area (Å²) < 4.78 is 0. The van der Waals surface area contributed by atoms with Gasteiger partial charge in [-0.25, -0.2) is 0 Å². The SMILES string of the molecule is CC(C)N(C)CCC1(CO)CC1. The Bertz CT molecular complexity index is 141. The molecule has 1 rings (SSSR count). The summed E-state index contributed by atoms with van der Waals surface area (Å²) in [4.78, 5) is 2.34. The van der Waals surface area contributed by atoms with Crippen molar-refractivity contribution in [1.29, 1.82) is 0 Å². The van der Waals surface area contributed by atoms with Crippen molar-refractivity contribution in [2.75, 3.05) is 20.2 Å². The number of rotatable bonds is 5. The molecule has 0 unspecified atom stereocenters. The lowest BCUT2D eigenvalue weighted by Gasteiger charge is -2.23. The molecule has 12 heavy (non-hydrogen) atoms. The molecule has 2 heteroatoms. The molecule has 0 saturated heterocycles. The first-order valence-electron chi connectivity index (χ1n) is 4.91. The molecule has 1 N–H and O–H groups in total. The molecule has 0 atom stereocenters. The van der Waals surface area contributed by atoms with Crippen LogP contribution in [0.2, 0.25) is 0 Å². The second-order valence-corrected chi connectivity index (χ2v) is 4.48. The number of aliphatic hydroxyl groups is 1. The lowest BCUT2D eigenvalue weighted by Crippen LogP contribution is -2.29. The third kappa shape index (κ3) is 2.46. The zero-order valence-electron chi connectivity index (χ0n) is 8.51. The number of aliphatic hydroxyl groups excluding tert-OH is 1. The standard InChI is InChI=1S/C10H21NO/c1-9(2)11(3)7-6-10(8-12)4-5-10/h9,12H,4-8H2,1-3H3. The minimum absolute atomic E-state index is 0.323. The van der Waals surface area contributed by atoms with Gasteiger partial charge in [-0.15, -0.1) is 0 Å². The van der Waals surface area contributed by atoms with Crippen molar-refractivity contribution in [2.45, 2.75) is 39.2 Å². The van der Waals surface area contributed by atoms with Gasteiger partial charge in [-0.1, -0.05) is 0 Å². The van der Waals surface area contributed by atoms with Crippen LogP contribution in [0.4, 0.5) is 0 Å².